The fourth-order valence-corrected chi connectivity index (χ4v) is 2.98. The molecule has 3 heteroatoms. The third-order valence-corrected chi connectivity index (χ3v) is 4.52. The number of rotatable bonds is 3. The molecule has 0 amide bonds. The minimum absolute atomic E-state index is 1.08. The van der Waals surface area contributed by atoms with Crippen molar-refractivity contribution >= 4 is 17.4 Å². The SMILES string of the molecule is CSc1ccc(-c2ccc(N3CCNCC3)cc2)cc1. The van der Waals surface area contributed by atoms with Crippen molar-refractivity contribution < 1.29 is 0 Å². The van der Waals surface area contributed by atoms with Crippen LogP contribution >= 0.6 is 11.8 Å². The van der Waals surface area contributed by atoms with Crippen LogP contribution in [0.1, 0.15) is 0 Å². The quantitative estimate of drug-likeness (QED) is 0.869. The maximum absolute atomic E-state index is 3.39. The van der Waals surface area contributed by atoms with Crippen LogP contribution in [0.2, 0.25) is 0 Å². The molecule has 0 unspecified atom stereocenters. The molecule has 0 aromatic heterocycles. The highest BCUT2D eigenvalue weighted by atomic mass is 32.2. The summed E-state index contributed by atoms with van der Waals surface area (Å²) in [6, 6.07) is 17.7. The first-order chi connectivity index (χ1) is 9.86. The summed E-state index contributed by atoms with van der Waals surface area (Å²) in [4.78, 5) is 3.75. The molecule has 0 spiro atoms. The van der Waals surface area contributed by atoms with E-state index in [1.165, 1.54) is 21.7 Å². The van der Waals surface area contributed by atoms with Crippen LogP contribution in [0.4, 0.5) is 5.69 Å². The maximum Gasteiger partial charge on any atom is 0.0367 e. The van der Waals surface area contributed by atoms with E-state index in [1.54, 1.807) is 11.8 Å². The molecule has 104 valence electrons. The summed E-state index contributed by atoms with van der Waals surface area (Å²) in [7, 11) is 0. The smallest absolute Gasteiger partial charge is 0.0367 e. The lowest BCUT2D eigenvalue weighted by Gasteiger charge is -2.29. The molecule has 1 heterocycles. The number of hydrogen-bond donors (Lipinski definition) is 1. The minimum Gasteiger partial charge on any atom is -0.369 e. The summed E-state index contributed by atoms with van der Waals surface area (Å²) < 4.78 is 0. The van der Waals surface area contributed by atoms with Gasteiger partial charge in [0.1, 0.15) is 0 Å². The molecule has 3 rings (SSSR count). The molecule has 2 nitrogen and oxygen atoms in total. The topological polar surface area (TPSA) is 15.3 Å². The molecule has 1 saturated heterocycles. The monoisotopic (exact) mass is 284 g/mol. The zero-order valence-electron chi connectivity index (χ0n) is 11.8. The Morgan fingerprint density at radius 1 is 0.850 bits per heavy atom. The van der Waals surface area contributed by atoms with E-state index in [4.69, 9.17) is 0 Å². The second-order valence-electron chi connectivity index (χ2n) is 5.01. The first kappa shape index (κ1) is 13.5. The highest BCUT2D eigenvalue weighted by Gasteiger charge is 2.10. The molecular weight excluding hydrogens is 264 g/mol. The predicted octanol–water partition coefficient (Wildman–Crippen LogP) is 3.49. The normalized spacial score (nSPS) is 15.3. The molecule has 20 heavy (non-hydrogen) atoms. The molecule has 0 aliphatic carbocycles. The molecule has 1 aliphatic heterocycles. The lowest BCUT2D eigenvalue weighted by Crippen LogP contribution is -2.43. The van der Waals surface area contributed by atoms with E-state index in [2.05, 4.69) is 65.0 Å². The molecule has 0 atom stereocenters. The summed E-state index contributed by atoms with van der Waals surface area (Å²) in [5.74, 6) is 0. The van der Waals surface area contributed by atoms with Crippen LogP contribution in [0.15, 0.2) is 53.4 Å². The summed E-state index contributed by atoms with van der Waals surface area (Å²) in [5, 5.41) is 3.39. The van der Waals surface area contributed by atoms with Crippen molar-refractivity contribution in [2.24, 2.45) is 0 Å². The van der Waals surface area contributed by atoms with Gasteiger partial charge in [-0.25, -0.2) is 0 Å². The minimum atomic E-state index is 1.08. The molecule has 0 bridgehead atoms. The van der Waals surface area contributed by atoms with Crippen molar-refractivity contribution in [3.05, 3.63) is 48.5 Å². The van der Waals surface area contributed by atoms with E-state index in [-0.39, 0.29) is 0 Å². The van der Waals surface area contributed by atoms with Crippen LogP contribution in [0.5, 0.6) is 0 Å². The number of thioether (sulfide) groups is 1. The van der Waals surface area contributed by atoms with Gasteiger partial charge in [-0.3, -0.25) is 0 Å². The van der Waals surface area contributed by atoms with Gasteiger partial charge in [-0.1, -0.05) is 24.3 Å². The Morgan fingerprint density at radius 3 is 1.95 bits per heavy atom. The second-order valence-corrected chi connectivity index (χ2v) is 5.89. The zero-order chi connectivity index (χ0) is 13.8. The third-order valence-electron chi connectivity index (χ3n) is 3.77. The second kappa shape index (κ2) is 6.33. The molecule has 1 N–H and O–H groups in total. The van der Waals surface area contributed by atoms with Gasteiger partial charge in [-0.15, -0.1) is 11.8 Å². The Balaban J connectivity index is 1.77. The van der Waals surface area contributed by atoms with Crippen LogP contribution < -0.4 is 10.2 Å². The molecule has 1 fully saturated rings. The largest absolute Gasteiger partial charge is 0.369 e. The Hall–Kier alpha value is -1.45. The Bertz CT molecular complexity index is 542. The molecular formula is C17H20N2S. The number of nitrogens with one attached hydrogen (secondary N) is 1. The first-order valence-corrected chi connectivity index (χ1v) is 8.29. The highest BCUT2D eigenvalue weighted by molar-refractivity contribution is 7.98. The molecule has 1 aliphatic rings. The Labute approximate surface area is 125 Å². The van der Waals surface area contributed by atoms with Gasteiger partial charge in [-0.05, 0) is 41.6 Å². The van der Waals surface area contributed by atoms with Crippen LogP contribution in [0, 0.1) is 0 Å². The van der Waals surface area contributed by atoms with Crippen molar-refractivity contribution in [1.82, 2.24) is 5.32 Å². The van der Waals surface area contributed by atoms with Crippen LogP contribution in [-0.4, -0.2) is 32.4 Å². The average molecular weight is 284 g/mol. The predicted molar refractivity (Wildman–Crippen MR) is 88.7 cm³/mol. The lowest BCUT2D eigenvalue weighted by atomic mass is 10.1. The van der Waals surface area contributed by atoms with Crippen molar-refractivity contribution in [1.29, 1.82) is 0 Å². The molecule has 0 radical (unpaired) electrons. The van der Waals surface area contributed by atoms with E-state index in [0.717, 1.165) is 26.2 Å². The van der Waals surface area contributed by atoms with Crippen molar-refractivity contribution in [2.45, 2.75) is 4.90 Å². The highest BCUT2D eigenvalue weighted by Crippen LogP contribution is 2.25. The summed E-state index contributed by atoms with van der Waals surface area (Å²) >= 11 is 1.78. The molecule has 2 aromatic carbocycles. The summed E-state index contributed by atoms with van der Waals surface area (Å²) in [6.07, 6.45) is 2.11. The number of anilines is 1. The molecule has 0 saturated carbocycles. The van der Waals surface area contributed by atoms with E-state index in [1.807, 2.05) is 0 Å². The number of nitrogens with zero attached hydrogens (tertiary/aromatic N) is 1. The standard InChI is InChI=1S/C17H20N2S/c1-20-17-8-4-15(5-9-17)14-2-6-16(7-3-14)19-12-10-18-11-13-19/h2-9,18H,10-13H2,1H3. The fourth-order valence-electron chi connectivity index (χ4n) is 2.57. The van der Waals surface area contributed by atoms with E-state index >= 15 is 0 Å². The molecule has 2 aromatic rings. The van der Waals surface area contributed by atoms with Gasteiger partial charge in [0.15, 0.2) is 0 Å². The van der Waals surface area contributed by atoms with Gasteiger partial charge in [0.2, 0.25) is 0 Å². The van der Waals surface area contributed by atoms with Crippen molar-refractivity contribution in [3.8, 4) is 11.1 Å². The Kier molecular flexibility index (Phi) is 4.28. The van der Waals surface area contributed by atoms with Crippen LogP contribution in [0.25, 0.3) is 11.1 Å². The van der Waals surface area contributed by atoms with Gasteiger partial charge in [-0.2, -0.15) is 0 Å². The first-order valence-electron chi connectivity index (χ1n) is 7.07. The van der Waals surface area contributed by atoms with E-state index < -0.39 is 0 Å². The van der Waals surface area contributed by atoms with Gasteiger partial charge >= 0.3 is 0 Å². The number of hydrogen-bond acceptors (Lipinski definition) is 3. The van der Waals surface area contributed by atoms with Crippen molar-refractivity contribution in [3.63, 3.8) is 0 Å². The van der Waals surface area contributed by atoms with Crippen molar-refractivity contribution in [2.75, 3.05) is 37.3 Å². The maximum atomic E-state index is 3.39. The van der Waals surface area contributed by atoms with Gasteiger partial charge in [0.05, 0.1) is 0 Å². The Morgan fingerprint density at radius 2 is 1.40 bits per heavy atom. The van der Waals surface area contributed by atoms with E-state index in [9.17, 15) is 0 Å². The summed E-state index contributed by atoms with van der Waals surface area (Å²) in [5.41, 5.74) is 3.90. The number of piperazine rings is 1. The van der Waals surface area contributed by atoms with E-state index in [0.29, 0.717) is 0 Å². The average Bonchev–Trinajstić information content (AvgIpc) is 2.56. The van der Waals surface area contributed by atoms with Gasteiger partial charge < -0.3 is 10.2 Å². The number of benzene rings is 2. The van der Waals surface area contributed by atoms with Gasteiger partial charge in [0.25, 0.3) is 0 Å². The van der Waals surface area contributed by atoms with Gasteiger partial charge in [0, 0.05) is 36.8 Å². The lowest BCUT2D eigenvalue weighted by molar-refractivity contribution is 0.589. The fraction of sp³-hybridized carbons (Fsp3) is 0.294. The van der Waals surface area contributed by atoms with Crippen LogP contribution in [0.3, 0.4) is 0 Å². The summed E-state index contributed by atoms with van der Waals surface area (Å²) in [6.45, 7) is 4.36. The zero-order valence-corrected chi connectivity index (χ0v) is 12.6. The third kappa shape index (κ3) is 3.00. The van der Waals surface area contributed by atoms with Crippen LogP contribution in [-0.2, 0) is 0 Å².